The van der Waals surface area contributed by atoms with E-state index >= 15 is 0 Å². The fourth-order valence-electron chi connectivity index (χ4n) is 5.43. The predicted octanol–water partition coefficient (Wildman–Crippen LogP) is 6.17. The van der Waals surface area contributed by atoms with Crippen LogP contribution in [0.1, 0.15) is 46.5 Å². The van der Waals surface area contributed by atoms with Crippen molar-refractivity contribution in [2.24, 2.45) is 0 Å². The number of amides is 1. The zero-order valence-corrected chi connectivity index (χ0v) is 25.9. The number of anilines is 1. The largest absolute Gasteiger partial charge is 0.444 e. The maximum Gasteiger partial charge on any atom is 0.410 e. The summed E-state index contributed by atoms with van der Waals surface area (Å²) in [6.07, 6.45) is 11.5. The Morgan fingerprint density at radius 1 is 1.10 bits per heavy atom. The van der Waals surface area contributed by atoms with Crippen molar-refractivity contribution in [3.63, 3.8) is 0 Å². The maximum absolute atomic E-state index is 13.3. The van der Waals surface area contributed by atoms with E-state index in [-0.39, 0.29) is 18.2 Å². The molecule has 1 saturated heterocycles. The molecule has 2 aliphatic rings. The molecule has 0 unspecified atom stereocenters. The van der Waals surface area contributed by atoms with Crippen molar-refractivity contribution in [1.29, 1.82) is 0 Å². The van der Waals surface area contributed by atoms with Crippen molar-refractivity contribution in [2.45, 2.75) is 96.6 Å². The predicted molar refractivity (Wildman–Crippen MR) is 161 cm³/mol. The number of hydrogen-bond donors (Lipinski definition) is 0. The van der Waals surface area contributed by atoms with Gasteiger partial charge in [-0.3, -0.25) is 0 Å². The van der Waals surface area contributed by atoms with Crippen LogP contribution in [0.25, 0.3) is 22.2 Å². The Morgan fingerprint density at radius 2 is 1.90 bits per heavy atom. The van der Waals surface area contributed by atoms with Crippen LogP contribution in [0.5, 0.6) is 0 Å². The molecule has 3 aromatic heterocycles. The highest BCUT2D eigenvalue weighted by Crippen LogP contribution is 2.39. The molecule has 1 amide bonds. The average Bonchev–Trinajstić information content (AvgIpc) is 3.65. The van der Waals surface area contributed by atoms with Gasteiger partial charge >= 0.3 is 6.09 Å². The fraction of sp³-hybridized carbons (Fsp3) is 0.600. The number of fused-ring (bicyclic) bond motifs is 1. The van der Waals surface area contributed by atoms with Crippen molar-refractivity contribution >= 4 is 30.9 Å². The number of carbonyl (C=O) groups excluding carboxylic acids is 1. The highest BCUT2D eigenvalue weighted by Gasteiger charge is 2.41. The molecule has 1 saturated carbocycles. The number of ether oxygens (including phenoxy) is 2. The van der Waals surface area contributed by atoms with Gasteiger partial charge in [0.1, 0.15) is 18.0 Å². The van der Waals surface area contributed by atoms with Crippen molar-refractivity contribution < 1.29 is 14.3 Å². The molecule has 0 N–H and O–H groups in total. The molecule has 1 atom stereocenters. The molecule has 3 aromatic rings. The van der Waals surface area contributed by atoms with Crippen LogP contribution < -0.4 is 4.90 Å². The SMILES string of the molecule is CC(C)(C)OC(=O)N(C1CC1)[C@H]1CCCN(c2ccnc3c2c(-c2ccnnc2)cn3COCC[Si](C)(C)C)C1. The summed E-state index contributed by atoms with van der Waals surface area (Å²) in [6.45, 7) is 15.8. The monoisotopic (exact) mass is 564 g/mol. The van der Waals surface area contributed by atoms with Crippen LogP contribution >= 0.6 is 0 Å². The lowest BCUT2D eigenvalue weighted by Gasteiger charge is -2.41. The Kier molecular flexibility index (Phi) is 8.19. The summed E-state index contributed by atoms with van der Waals surface area (Å²) in [5.41, 5.74) is 3.57. The van der Waals surface area contributed by atoms with Crippen LogP contribution in [0.3, 0.4) is 0 Å². The fourth-order valence-corrected chi connectivity index (χ4v) is 6.19. The minimum Gasteiger partial charge on any atom is -0.444 e. The molecule has 40 heavy (non-hydrogen) atoms. The summed E-state index contributed by atoms with van der Waals surface area (Å²) in [7, 11) is -1.18. The molecular weight excluding hydrogens is 520 g/mol. The van der Waals surface area contributed by atoms with Gasteiger partial charge in [0.05, 0.1) is 29.5 Å². The molecular formula is C30H44N6O3Si. The van der Waals surface area contributed by atoms with Crippen LogP contribution in [-0.2, 0) is 16.2 Å². The van der Waals surface area contributed by atoms with E-state index in [1.165, 1.54) is 0 Å². The molecule has 0 spiro atoms. The minimum atomic E-state index is -1.18. The second-order valence-electron chi connectivity index (χ2n) is 13.4. The summed E-state index contributed by atoms with van der Waals surface area (Å²) in [6, 6.07) is 5.61. The van der Waals surface area contributed by atoms with E-state index in [1.807, 2.05) is 37.9 Å². The van der Waals surface area contributed by atoms with E-state index < -0.39 is 13.7 Å². The third kappa shape index (κ3) is 6.83. The number of carbonyl (C=O) groups is 1. The highest BCUT2D eigenvalue weighted by atomic mass is 28.3. The molecule has 4 heterocycles. The van der Waals surface area contributed by atoms with Crippen molar-refractivity contribution in [2.75, 3.05) is 24.6 Å². The zero-order chi connectivity index (χ0) is 28.5. The number of piperidine rings is 1. The van der Waals surface area contributed by atoms with Crippen LogP contribution in [0.4, 0.5) is 10.5 Å². The van der Waals surface area contributed by atoms with Gasteiger partial charge in [-0.15, -0.1) is 0 Å². The second-order valence-corrected chi connectivity index (χ2v) is 19.0. The van der Waals surface area contributed by atoms with Gasteiger partial charge in [-0.05, 0) is 64.6 Å². The number of rotatable bonds is 9. The quantitative estimate of drug-likeness (QED) is 0.227. The Hall–Kier alpha value is -2.98. The number of aromatic nitrogens is 4. The van der Waals surface area contributed by atoms with Gasteiger partial charge in [0.2, 0.25) is 0 Å². The number of pyridine rings is 1. The molecule has 0 aromatic carbocycles. The molecule has 0 bridgehead atoms. The molecule has 2 fully saturated rings. The summed E-state index contributed by atoms with van der Waals surface area (Å²) in [5, 5.41) is 9.23. The first kappa shape index (κ1) is 28.5. The number of hydrogen-bond acceptors (Lipinski definition) is 7. The lowest BCUT2D eigenvalue weighted by atomic mass is 10.0. The molecule has 216 valence electrons. The van der Waals surface area contributed by atoms with E-state index in [4.69, 9.17) is 14.5 Å². The van der Waals surface area contributed by atoms with E-state index in [0.29, 0.717) is 6.73 Å². The Labute approximate surface area is 238 Å². The lowest BCUT2D eigenvalue weighted by molar-refractivity contribution is 0.0125. The van der Waals surface area contributed by atoms with Crippen LogP contribution in [0.2, 0.25) is 25.7 Å². The standard InChI is InChI=1S/C30H44N6O3Si/c1-30(2,3)39-29(37)36(23-9-10-23)24-8-7-15-34(19-24)26-12-13-31-28-27(26)25(22-11-14-32-33-18-22)20-35(28)21-38-16-17-40(4,5)6/h11-14,18,20,23-24H,7-10,15-17,19,21H2,1-6H3/t24-/m0/s1. The Morgan fingerprint density at radius 3 is 2.58 bits per heavy atom. The molecule has 10 heteroatoms. The first-order valence-electron chi connectivity index (χ1n) is 14.6. The van der Waals surface area contributed by atoms with Crippen molar-refractivity contribution in [1.82, 2.24) is 24.6 Å². The molecule has 0 radical (unpaired) electrons. The topological polar surface area (TPSA) is 85.6 Å². The normalized spacial score (nSPS) is 18.2. The zero-order valence-electron chi connectivity index (χ0n) is 24.9. The van der Waals surface area contributed by atoms with Gasteiger partial charge < -0.3 is 23.8 Å². The van der Waals surface area contributed by atoms with Gasteiger partial charge in [-0.2, -0.15) is 10.2 Å². The van der Waals surface area contributed by atoms with Crippen LogP contribution in [0.15, 0.2) is 36.9 Å². The summed E-state index contributed by atoms with van der Waals surface area (Å²) in [5.74, 6) is 0. The van der Waals surface area contributed by atoms with Crippen LogP contribution in [0, 0.1) is 0 Å². The minimum absolute atomic E-state index is 0.109. The summed E-state index contributed by atoms with van der Waals surface area (Å²) < 4.78 is 14.1. The lowest BCUT2D eigenvalue weighted by Crippen LogP contribution is -2.52. The van der Waals surface area contributed by atoms with Gasteiger partial charge in [0.25, 0.3) is 0 Å². The van der Waals surface area contributed by atoms with Gasteiger partial charge in [0, 0.05) is 57.3 Å². The first-order valence-corrected chi connectivity index (χ1v) is 18.3. The van der Waals surface area contributed by atoms with Gasteiger partial charge in [-0.25, -0.2) is 9.78 Å². The van der Waals surface area contributed by atoms with Gasteiger partial charge in [-0.1, -0.05) is 19.6 Å². The van der Waals surface area contributed by atoms with Crippen molar-refractivity contribution in [3.05, 3.63) is 36.9 Å². The maximum atomic E-state index is 13.3. The van der Waals surface area contributed by atoms with E-state index in [1.54, 1.807) is 12.4 Å². The smallest absolute Gasteiger partial charge is 0.410 e. The molecule has 9 nitrogen and oxygen atoms in total. The molecule has 1 aliphatic heterocycles. The number of nitrogens with zero attached hydrogens (tertiary/aromatic N) is 6. The average molecular weight is 565 g/mol. The molecule has 5 rings (SSSR count). The summed E-state index contributed by atoms with van der Waals surface area (Å²) >= 11 is 0. The highest BCUT2D eigenvalue weighted by molar-refractivity contribution is 6.76. The van der Waals surface area contributed by atoms with Crippen LogP contribution in [-0.4, -0.2) is 76.2 Å². The summed E-state index contributed by atoms with van der Waals surface area (Å²) in [4.78, 5) is 22.5. The van der Waals surface area contributed by atoms with E-state index in [2.05, 4.69) is 51.6 Å². The van der Waals surface area contributed by atoms with Crippen molar-refractivity contribution in [3.8, 4) is 11.1 Å². The third-order valence-corrected chi connectivity index (χ3v) is 9.24. The Balaban J connectivity index is 1.46. The second kappa shape index (κ2) is 11.5. The first-order chi connectivity index (χ1) is 19.0. The van der Waals surface area contributed by atoms with E-state index in [0.717, 1.165) is 79.3 Å². The third-order valence-electron chi connectivity index (χ3n) is 7.53. The van der Waals surface area contributed by atoms with E-state index in [9.17, 15) is 4.79 Å². The Bertz CT molecular complexity index is 1310. The van der Waals surface area contributed by atoms with Gasteiger partial charge in [0.15, 0.2) is 0 Å². The molecule has 1 aliphatic carbocycles.